The van der Waals surface area contributed by atoms with Crippen molar-refractivity contribution in [2.75, 3.05) is 12.8 Å². The van der Waals surface area contributed by atoms with Gasteiger partial charge in [-0.15, -0.1) is 0 Å². The summed E-state index contributed by atoms with van der Waals surface area (Å²) in [7, 11) is 1.78. The Bertz CT molecular complexity index is 388. The molecular formula is C14H23N3O. The highest BCUT2D eigenvalue weighted by Crippen LogP contribution is 2.34. The average molecular weight is 249 g/mol. The van der Waals surface area contributed by atoms with E-state index in [-0.39, 0.29) is 11.6 Å². The topological polar surface area (TPSA) is 74.2 Å². The fourth-order valence-corrected chi connectivity index (χ4v) is 2.92. The zero-order valence-corrected chi connectivity index (χ0v) is 11.1. The van der Waals surface area contributed by atoms with Gasteiger partial charge >= 0.3 is 0 Å². The summed E-state index contributed by atoms with van der Waals surface area (Å²) in [6.45, 7) is 0. The molecule has 4 nitrogen and oxygen atoms in total. The minimum atomic E-state index is -0.180. The molecule has 0 spiro atoms. The van der Waals surface area contributed by atoms with Gasteiger partial charge in [-0.25, -0.2) is 4.98 Å². The third-order valence-electron chi connectivity index (χ3n) is 4.15. The standard InChI is InChI=1S/C14H23N3O/c1-18-14(7-3-2-4-8-14)12(15)10-11-6-5-9-17-13(11)16/h5-6,9,12H,2-4,7-8,10,15H2,1H3,(H2,16,17). The first kappa shape index (κ1) is 13.3. The molecule has 18 heavy (non-hydrogen) atoms. The van der Waals surface area contributed by atoms with E-state index in [4.69, 9.17) is 16.2 Å². The second-order valence-electron chi connectivity index (χ2n) is 5.19. The predicted molar refractivity (Wildman–Crippen MR) is 73.2 cm³/mol. The smallest absolute Gasteiger partial charge is 0.126 e. The number of hydrogen-bond donors (Lipinski definition) is 2. The summed E-state index contributed by atoms with van der Waals surface area (Å²) in [5.74, 6) is 0.579. The number of methoxy groups -OCH3 is 1. The van der Waals surface area contributed by atoms with Gasteiger partial charge in [0.1, 0.15) is 5.82 Å². The minimum Gasteiger partial charge on any atom is -0.383 e. The number of nitrogen functional groups attached to an aromatic ring is 1. The van der Waals surface area contributed by atoms with Crippen molar-refractivity contribution in [3.63, 3.8) is 0 Å². The molecule has 1 saturated carbocycles. The first-order valence-corrected chi connectivity index (χ1v) is 6.68. The molecule has 1 fully saturated rings. The molecule has 0 aliphatic heterocycles. The molecule has 1 aliphatic rings. The highest BCUT2D eigenvalue weighted by atomic mass is 16.5. The number of nitrogens with zero attached hydrogens (tertiary/aromatic N) is 1. The van der Waals surface area contributed by atoms with Crippen molar-refractivity contribution in [1.29, 1.82) is 0 Å². The van der Waals surface area contributed by atoms with Crippen molar-refractivity contribution in [1.82, 2.24) is 4.98 Å². The Morgan fingerprint density at radius 1 is 1.39 bits per heavy atom. The number of anilines is 1. The molecule has 1 aromatic rings. The Kier molecular flexibility index (Phi) is 4.19. The van der Waals surface area contributed by atoms with E-state index in [2.05, 4.69) is 4.98 Å². The molecule has 2 rings (SSSR count). The molecule has 0 saturated heterocycles. The third kappa shape index (κ3) is 2.65. The number of aromatic nitrogens is 1. The Morgan fingerprint density at radius 2 is 2.11 bits per heavy atom. The van der Waals surface area contributed by atoms with Crippen molar-refractivity contribution in [3.05, 3.63) is 23.9 Å². The van der Waals surface area contributed by atoms with Gasteiger partial charge in [-0.05, 0) is 30.9 Å². The van der Waals surface area contributed by atoms with Crippen molar-refractivity contribution in [2.24, 2.45) is 5.73 Å². The van der Waals surface area contributed by atoms with E-state index in [0.717, 1.165) is 24.8 Å². The first-order valence-electron chi connectivity index (χ1n) is 6.68. The molecule has 1 heterocycles. The van der Waals surface area contributed by atoms with E-state index >= 15 is 0 Å². The Morgan fingerprint density at radius 3 is 2.72 bits per heavy atom. The number of ether oxygens (including phenoxy) is 1. The molecule has 1 aliphatic carbocycles. The Hall–Kier alpha value is -1.13. The summed E-state index contributed by atoms with van der Waals surface area (Å²) in [6.07, 6.45) is 8.21. The third-order valence-corrected chi connectivity index (χ3v) is 4.15. The second kappa shape index (κ2) is 5.67. The normalized spacial score (nSPS) is 20.6. The fraction of sp³-hybridized carbons (Fsp3) is 0.643. The van der Waals surface area contributed by atoms with E-state index in [1.165, 1.54) is 19.3 Å². The minimum absolute atomic E-state index is 0.0192. The molecule has 1 aromatic heterocycles. The van der Waals surface area contributed by atoms with Gasteiger partial charge in [0, 0.05) is 19.3 Å². The lowest BCUT2D eigenvalue weighted by Gasteiger charge is -2.41. The zero-order valence-electron chi connectivity index (χ0n) is 11.1. The lowest BCUT2D eigenvalue weighted by Crippen LogP contribution is -2.52. The van der Waals surface area contributed by atoms with Crippen LogP contribution < -0.4 is 11.5 Å². The highest BCUT2D eigenvalue weighted by molar-refractivity contribution is 5.39. The second-order valence-corrected chi connectivity index (χ2v) is 5.19. The van der Waals surface area contributed by atoms with Gasteiger partial charge in [-0.2, -0.15) is 0 Å². The van der Waals surface area contributed by atoms with Crippen LogP contribution in [0.25, 0.3) is 0 Å². The van der Waals surface area contributed by atoms with E-state index in [1.807, 2.05) is 12.1 Å². The summed E-state index contributed by atoms with van der Waals surface area (Å²) < 4.78 is 5.77. The quantitative estimate of drug-likeness (QED) is 0.854. The Labute approximate surface area is 109 Å². The van der Waals surface area contributed by atoms with Gasteiger partial charge in [-0.1, -0.05) is 25.3 Å². The molecule has 100 valence electrons. The maximum atomic E-state index is 6.39. The van der Waals surface area contributed by atoms with Crippen LogP contribution in [0.15, 0.2) is 18.3 Å². The van der Waals surface area contributed by atoms with Crippen molar-refractivity contribution < 1.29 is 4.74 Å². The summed E-state index contributed by atoms with van der Waals surface area (Å²) in [6, 6.07) is 3.88. The van der Waals surface area contributed by atoms with Crippen LogP contribution in [0.4, 0.5) is 5.82 Å². The van der Waals surface area contributed by atoms with Gasteiger partial charge < -0.3 is 16.2 Å². The molecule has 1 unspecified atom stereocenters. The van der Waals surface area contributed by atoms with Crippen molar-refractivity contribution in [3.8, 4) is 0 Å². The SMILES string of the molecule is COC1(C(N)Cc2cccnc2N)CCCCC1. The molecule has 4 heteroatoms. The maximum absolute atomic E-state index is 6.39. The van der Waals surface area contributed by atoms with Crippen LogP contribution in [-0.2, 0) is 11.2 Å². The van der Waals surface area contributed by atoms with Crippen LogP contribution in [0.2, 0.25) is 0 Å². The number of hydrogen-bond acceptors (Lipinski definition) is 4. The van der Waals surface area contributed by atoms with E-state index in [1.54, 1.807) is 13.3 Å². The molecule has 0 bridgehead atoms. The largest absolute Gasteiger partial charge is 0.383 e. The summed E-state index contributed by atoms with van der Waals surface area (Å²) in [4.78, 5) is 4.11. The summed E-state index contributed by atoms with van der Waals surface area (Å²) >= 11 is 0. The van der Waals surface area contributed by atoms with Crippen LogP contribution >= 0.6 is 0 Å². The van der Waals surface area contributed by atoms with E-state index in [0.29, 0.717) is 5.82 Å². The van der Waals surface area contributed by atoms with Crippen LogP contribution in [0.1, 0.15) is 37.7 Å². The first-order chi connectivity index (χ1) is 8.68. The van der Waals surface area contributed by atoms with Gasteiger partial charge in [0.05, 0.1) is 5.60 Å². The average Bonchev–Trinajstić information content (AvgIpc) is 2.42. The van der Waals surface area contributed by atoms with E-state index < -0.39 is 0 Å². The molecular weight excluding hydrogens is 226 g/mol. The monoisotopic (exact) mass is 249 g/mol. The van der Waals surface area contributed by atoms with Crippen LogP contribution in [0, 0.1) is 0 Å². The van der Waals surface area contributed by atoms with Crippen molar-refractivity contribution >= 4 is 5.82 Å². The predicted octanol–water partition coefficient (Wildman–Crippen LogP) is 1.88. The fourth-order valence-electron chi connectivity index (χ4n) is 2.92. The molecule has 0 radical (unpaired) electrons. The highest BCUT2D eigenvalue weighted by Gasteiger charge is 2.38. The van der Waals surface area contributed by atoms with Gasteiger partial charge in [0.25, 0.3) is 0 Å². The number of pyridine rings is 1. The van der Waals surface area contributed by atoms with E-state index in [9.17, 15) is 0 Å². The van der Waals surface area contributed by atoms with Gasteiger partial charge in [0.15, 0.2) is 0 Å². The molecule has 1 atom stereocenters. The van der Waals surface area contributed by atoms with Crippen LogP contribution in [0.5, 0.6) is 0 Å². The molecule has 0 aromatic carbocycles. The Balaban J connectivity index is 2.10. The number of rotatable bonds is 4. The van der Waals surface area contributed by atoms with Crippen LogP contribution in [0.3, 0.4) is 0 Å². The molecule has 0 amide bonds. The lowest BCUT2D eigenvalue weighted by atomic mass is 9.77. The maximum Gasteiger partial charge on any atom is 0.126 e. The lowest BCUT2D eigenvalue weighted by molar-refractivity contribution is -0.0582. The summed E-state index contributed by atoms with van der Waals surface area (Å²) in [5, 5.41) is 0. The van der Waals surface area contributed by atoms with Crippen molar-refractivity contribution in [2.45, 2.75) is 50.2 Å². The van der Waals surface area contributed by atoms with Crippen LogP contribution in [-0.4, -0.2) is 23.7 Å². The van der Waals surface area contributed by atoms with Gasteiger partial charge in [-0.3, -0.25) is 0 Å². The zero-order chi connectivity index (χ0) is 13.0. The summed E-state index contributed by atoms with van der Waals surface area (Å²) in [5.41, 5.74) is 13.1. The number of nitrogens with two attached hydrogens (primary N) is 2. The molecule has 4 N–H and O–H groups in total. The van der Waals surface area contributed by atoms with Gasteiger partial charge in [0.2, 0.25) is 0 Å².